The Morgan fingerprint density at radius 2 is 1.56 bits per heavy atom. The van der Waals surface area contributed by atoms with Crippen LogP contribution in [0.1, 0.15) is 36.8 Å². The molecule has 0 spiro atoms. The van der Waals surface area contributed by atoms with Crippen LogP contribution in [-0.4, -0.2) is 22.5 Å². The fraction of sp³-hybridized carbons (Fsp3) is 0.179. The van der Waals surface area contributed by atoms with Crippen molar-refractivity contribution in [3.05, 3.63) is 118 Å². The smallest absolute Gasteiger partial charge is 0.338 e. The van der Waals surface area contributed by atoms with Crippen LogP contribution in [0.3, 0.4) is 0 Å². The third kappa shape index (κ3) is 4.87. The van der Waals surface area contributed by atoms with Crippen LogP contribution in [0.4, 0.5) is 11.4 Å². The van der Waals surface area contributed by atoms with Gasteiger partial charge in [-0.05, 0) is 79.7 Å². The molecule has 0 saturated heterocycles. The molecular formula is C28H26Cl2N4O2. The van der Waals surface area contributed by atoms with E-state index in [4.69, 9.17) is 27.9 Å². The van der Waals surface area contributed by atoms with Crippen molar-refractivity contribution in [3.8, 4) is 0 Å². The second-order valence-electron chi connectivity index (χ2n) is 8.50. The summed E-state index contributed by atoms with van der Waals surface area (Å²) in [5, 5.41) is 4.80. The fourth-order valence-electron chi connectivity index (χ4n) is 4.73. The van der Waals surface area contributed by atoms with Gasteiger partial charge in [-0.25, -0.2) is 4.79 Å². The van der Waals surface area contributed by atoms with Crippen molar-refractivity contribution in [3.63, 3.8) is 0 Å². The van der Waals surface area contributed by atoms with E-state index >= 15 is 0 Å². The number of carbonyl (C=O) groups is 1. The van der Waals surface area contributed by atoms with Gasteiger partial charge in [-0.2, -0.15) is 0 Å². The summed E-state index contributed by atoms with van der Waals surface area (Å²) in [6, 6.07) is 22.5. The molecule has 3 heterocycles. The first-order chi connectivity index (χ1) is 17.5. The average Bonchev–Trinajstić information content (AvgIpc) is 3.60. The molecule has 184 valence electrons. The third-order valence-corrected chi connectivity index (χ3v) is 6.77. The maximum atomic E-state index is 13.6. The van der Waals surface area contributed by atoms with Gasteiger partial charge in [0.15, 0.2) is 0 Å². The fourth-order valence-corrected chi connectivity index (χ4v) is 4.98. The van der Waals surface area contributed by atoms with Crippen LogP contribution in [0.2, 0.25) is 10.0 Å². The monoisotopic (exact) mass is 520 g/mol. The lowest BCUT2D eigenvalue weighted by Gasteiger charge is -2.44. The molecule has 6 nitrogen and oxygen atoms in total. The molecular weight excluding hydrogens is 495 g/mol. The summed E-state index contributed by atoms with van der Waals surface area (Å²) < 4.78 is 5.60. The summed E-state index contributed by atoms with van der Waals surface area (Å²) in [5.41, 5.74) is 5.02. The highest BCUT2D eigenvalue weighted by Gasteiger charge is 2.42. The quantitative estimate of drug-likeness (QED) is 0.224. The molecule has 4 aromatic rings. The first kappa shape index (κ1) is 24.1. The van der Waals surface area contributed by atoms with Crippen LogP contribution in [0.25, 0.3) is 0 Å². The number of halogens is 2. The van der Waals surface area contributed by atoms with E-state index < -0.39 is 6.04 Å². The molecule has 36 heavy (non-hydrogen) atoms. The second-order valence-corrected chi connectivity index (χ2v) is 9.37. The van der Waals surface area contributed by atoms with Crippen molar-refractivity contribution in [1.82, 2.24) is 9.97 Å². The zero-order valence-electron chi connectivity index (χ0n) is 19.7. The molecule has 0 bridgehead atoms. The number of nitrogens with zero attached hydrogens (tertiary/aromatic N) is 1. The molecule has 5 rings (SSSR count). The number of H-pyrrole nitrogens is 2. The molecule has 0 amide bonds. The van der Waals surface area contributed by atoms with Crippen LogP contribution < -0.4 is 10.2 Å². The number of anilines is 2. The van der Waals surface area contributed by atoms with Gasteiger partial charge in [0, 0.05) is 57.3 Å². The van der Waals surface area contributed by atoms with Crippen molar-refractivity contribution < 1.29 is 9.53 Å². The van der Waals surface area contributed by atoms with Gasteiger partial charge in [0.05, 0.1) is 18.2 Å². The highest BCUT2D eigenvalue weighted by molar-refractivity contribution is 6.30. The molecule has 2 atom stereocenters. The van der Waals surface area contributed by atoms with Gasteiger partial charge in [-0.1, -0.05) is 23.2 Å². The Bertz CT molecular complexity index is 1330. The normalized spacial score (nSPS) is 17.8. The minimum atomic E-state index is -0.447. The van der Waals surface area contributed by atoms with Crippen molar-refractivity contribution in [2.45, 2.75) is 25.4 Å². The summed E-state index contributed by atoms with van der Waals surface area (Å²) in [5.74, 6) is -0.363. The van der Waals surface area contributed by atoms with Gasteiger partial charge in [0.1, 0.15) is 6.04 Å². The van der Waals surface area contributed by atoms with E-state index in [1.165, 1.54) is 0 Å². The molecule has 0 aliphatic carbocycles. The molecule has 2 aromatic heterocycles. The third-order valence-electron chi connectivity index (χ3n) is 6.27. The molecule has 0 saturated carbocycles. The van der Waals surface area contributed by atoms with E-state index in [1.807, 2.05) is 86.0 Å². The molecule has 1 aliphatic rings. The van der Waals surface area contributed by atoms with Crippen LogP contribution in [-0.2, 0) is 9.53 Å². The number of rotatable bonds is 7. The highest BCUT2D eigenvalue weighted by Crippen LogP contribution is 2.47. The topological polar surface area (TPSA) is 73.2 Å². The van der Waals surface area contributed by atoms with E-state index in [-0.39, 0.29) is 18.6 Å². The number of hydrogen-bond acceptors (Lipinski definition) is 4. The number of ether oxygens (including phenoxy) is 1. The van der Waals surface area contributed by atoms with Gasteiger partial charge in [0.25, 0.3) is 0 Å². The summed E-state index contributed by atoms with van der Waals surface area (Å²) >= 11 is 12.3. The Hall–Kier alpha value is -3.61. The highest BCUT2D eigenvalue weighted by atomic mass is 35.5. The Kier molecular flexibility index (Phi) is 7.07. The van der Waals surface area contributed by atoms with Crippen LogP contribution >= 0.6 is 23.2 Å². The molecule has 0 radical (unpaired) electrons. The Labute approximate surface area is 219 Å². The number of aromatic amines is 2. The van der Waals surface area contributed by atoms with E-state index in [1.54, 1.807) is 0 Å². The summed E-state index contributed by atoms with van der Waals surface area (Å²) in [7, 11) is 0. The van der Waals surface area contributed by atoms with Crippen molar-refractivity contribution in [2.75, 3.05) is 16.8 Å². The SMILES string of the molecule is CCOC(=O)C1=C(Nc2ccc(Cl)cc2)CC(c2ccc[nH]2)N(c2ccc(Cl)cc2)C1c1ccc[nH]1. The van der Waals surface area contributed by atoms with E-state index in [0.29, 0.717) is 22.0 Å². The average molecular weight is 521 g/mol. The van der Waals surface area contributed by atoms with Crippen LogP contribution in [0.15, 0.2) is 96.5 Å². The first-order valence-corrected chi connectivity index (χ1v) is 12.5. The number of aromatic nitrogens is 2. The largest absolute Gasteiger partial charge is 0.463 e. The summed E-state index contributed by atoms with van der Waals surface area (Å²) in [4.78, 5) is 22.5. The van der Waals surface area contributed by atoms with Crippen molar-refractivity contribution in [2.24, 2.45) is 0 Å². The van der Waals surface area contributed by atoms with Gasteiger partial charge < -0.3 is 24.9 Å². The van der Waals surface area contributed by atoms with Crippen molar-refractivity contribution >= 4 is 40.5 Å². The Balaban J connectivity index is 1.72. The number of benzene rings is 2. The maximum absolute atomic E-state index is 13.6. The predicted octanol–water partition coefficient (Wildman–Crippen LogP) is 7.27. The van der Waals surface area contributed by atoms with E-state index in [9.17, 15) is 4.79 Å². The predicted molar refractivity (Wildman–Crippen MR) is 144 cm³/mol. The standard InChI is InChI=1S/C28H26Cl2N4O2/c1-2-36-28(35)26-24(33-20-11-7-18(29)8-12-20)17-25(22-5-3-15-31-22)34(21-13-9-19(30)10-14-21)27(26)23-6-4-16-32-23/h3-16,25,27,31-33H,2,17H2,1H3. The van der Waals surface area contributed by atoms with Crippen LogP contribution in [0, 0.1) is 0 Å². The number of hydrogen-bond donors (Lipinski definition) is 3. The summed E-state index contributed by atoms with van der Waals surface area (Å²) in [6.45, 7) is 2.09. The van der Waals surface area contributed by atoms with Gasteiger partial charge in [-0.3, -0.25) is 0 Å². The first-order valence-electron chi connectivity index (χ1n) is 11.8. The molecule has 3 N–H and O–H groups in total. The second kappa shape index (κ2) is 10.6. The Morgan fingerprint density at radius 1 is 0.944 bits per heavy atom. The zero-order chi connectivity index (χ0) is 25.1. The maximum Gasteiger partial charge on any atom is 0.338 e. The van der Waals surface area contributed by atoms with Gasteiger partial charge in [0.2, 0.25) is 0 Å². The van der Waals surface area contributed by atoms with E-state index in [0.717, 1.165) is 28.5 Å². The van der Waals surface area contributed by atoms with Crippen LogP contribution in [0.5, 0.6) is 0 Å². The lowest BCUT2D eigenvalue weighted by atomic mass is 9.87. The van der Waals surface area contributed by atoms with Gasteiger partial charge >= 0.3 is 5.97 Å². The number of esters is 1. The molecule has 2 aromatic carbocycles. The lowest BCUT2D eigenvalue weighted by Crippen LogP contribution is -2.42. The minimum absolute atomic E-state index is 0.109. The molecule has 8 heteroatoms. The van der Waals surface area contributed by atoms with Crippen molar-refractivity contribution in [1.29, 1.82) is 0 Å². The van der Waals surface area contributed by atoms with Gasteiger partial charge in [-0.15, -0.1) is 0 Å². The Morgan fingerprint density at radius 3 is 2.14 bits per heavy atom. The molecule has 0 fully saturated rings. The number of nitrogens with one attached hydrogen (secondary N) is 3. The zero-order valence-corrected chi connectivity index (χ0v) is 21.2. The van der Waals surface area contributed by atoms with E-state index in [2.05, 4.69) is 26.3 Å². The molecule has 1 aliphatic heterocycles. The lowest BCUT2D eigenvalue weighted by molar-refractivity contribution is -0.139. The number of carbonyl (C=O) groups excluding carboxylic acids is 1. The molecule has 2 unspecified atom stereocenters. The summed E-state index contributed by atoms with van der Waals surface area (Å²) in [6.07, 6.45) is 4.32. The minimum Gasteiger partial charge on any atom is -0.463 e.